The summed E-state index contributed by atoms with van der Waals surface area (Å²) in [5.74, 6) is -0.547. The van der Waals surface area contributed by atoms with Gasteiger partial charge in [-0.05, 0) is 43.5 Å². The lowest BCUT2D eigenvalue weighted by Crippen LogP contribution is -2.42. The van der Waals surface area contributed by atoms with Gasteiger partial charge in [-0.25, -0.2) is 0 Å². The summed E-state index contributed by atoms with van der Waals surface area (Å²) >= 11 is 0. The van der Waals surface area contributed by atoms with Crippen LogP contribution in [0.4, 0.5) is 18.9 Å². The first-order valence-corrected chi connectivity index (χ1v) is 11.1. The molecule has 3 aliphatic rings. The Morgan fingerprint density at radius 1 is 1.24 bits per heavy atom. The minimum atomic E-state index is -4.61. The molecule has 0 aromatic heterocycles. The minimum Gasteiger partial charge on any atom is -0.385 e. The average molecular weight is 464 g/mol. The number of anilines is 1. The number of nitrogens with zero attached hydrogens (tertiary/aromatic N) is 3. The van der Waals surface area contributed by atoms with E-state index in [1.807, 2.05) is 4.90 Å². The van der Waals surface area contributed by atoms with Gasteiger partial charge in [0.15, 0.2) is 0 Å². The third kappa shape index (κ3) is 4.43. The highest BCUT2D eigenvalue weighted by Crippen LogP contribution is 2.40. The SMILES string of the molecule is CN(C)C(=O)c1cc(N2CCC(C3=NCC4=C3C(C)(O)CC(=O)C4)CC2)ccc1C(F)(F)F. The molecule has 0 spiro atoms. The molecule has 4 rings (SSSR count). The number of hydrogen-bond acceptors (Lipinski definition) is 5. The standard InChI is InChI=1S/C24H28F3N3O3/c1-23(33)12-17(31)10-15-13-28-21(20(15)23)14-6-8-30(9-7-14)16-4-5-19(24(25,26)27)18(11-16)22(32)29(2)3/h4-5,11,14,33H,6-10,12-13H2,1-3H3. The van der Waals surface area contributed by atoms with Crippen LogP contribution >= 0.6 is 0 Å². The Kier molecular flexibility index (Phi) is 5.88. The predicted octanol–water partition coefficient (Wildman–Crippen LogP) is 3.49. The molecule has 1 aliphatic carbocycles. The molecule has 0 bridgehead atoms. The Labute approximate surface area is 190 Å². The van der Waals surface area contributed by atoms with Gasteiger partial charge in [0.05, 0.1) is 23.3 Å². The third-order valence-electron chi connectivity index (χ3n) is 6.73. The number of ketones is 1. The molecule has 1 unspecified atom stereocenters. The van der Waals surface area contributed by atoms with Crippen LogP contribution in [0.25, 0.3) is 0 Å². The van der Waals surface area contributed by atoms with Gasteiger partial charge in [0, 0.05) is 62.9 Å². The summed E-state index contributed by atoms with van der Waals surface area (Å²) < 4.78 is 40.3. The van der Waals surface area contributed by atoms with Gasteiger partial charge in [-0.1, -0.05) is 0 Å². The van der Waals surface area contributed by atoms with E-state index in [-0.39, 0.29) is 23.7 Å². The van der Waals surface area contributed by atoms with Crippen molar-refractivity contribution in [3.8, 4) is 0 Å². The summed E-state index contributed by atoms with van der Waals surface area (Å²) in [6.07, 6.45) is -2.74. The van der Waals surface area contributed by atoms with Crippen molar-refractivity contribution < 1.29 is 27.9 Å². The molecule has 1 saturated heterocycles. The quantitative estimate of drug-likeness (QED) is 0.745. The van der Waals surface area contributed by atoms with E-state index in [2.05, 4.69) is 4.99 Å². The van der Waals surface area contributed by atoms with Gasteiger partial charge in [-0.15, -0.1) is 0 Å². The Balaban J connectivity index is 1.52. The summed E-state index contributed by atoms with van der Waals surface area (Å²) in [4.78, 5) is 32.2. The van der Waals surface area contributed by atoms with Crippen LogP contribution in [0.5, 0.6) is 0 Å². The van der Waals surface area contributed by atoms with E-state index in [9.17, 15) is 27.9 Å². The molecule has 1 aromatic carbocycles. The lowest BCUT2D eigenvalue weighted by Gasteiger charge is -2.37. The molecule has 33 heavy (non-hydrogen) atoms. The normalized spacial score (nSPS) is 24.2. The summed E-state index contributed by atoms with van der Waals surface area (Å²) in [6, 6.07) is 3.73. The summed E-state index contributed by atoms with van der Waals surface area (Å²) in [7, 11) is 2.86. The zero-order valence-electron chi connectivity index (χ0n) is 19.0. The number of rotatable bonds is 3. The number of amides is 1. The number of aliphatic imine (C=N–C) groups is 1. The highest BCUT2D eigenvalue weighted by Gasteiger charge is 2.43. The second-order valence-corrected chi connectivity index (χ2v) is 9.53. The molecule has 0 radical (unpaired) electrons. The topological polar surface area (TPSA) is 73.2 Å². The van der Waals surface area contributed by atoms with Crippen molar-refractivity contribution >= 4 is 23.1 Å². The van der Waals surface area contributed by atoms with Crippen LogP contribution in [0.3, 0.4) is 0 Å². The van der Waals surface area contributed by atoms with Crippen molar-refractivity contribution in [2.75, 3.05) is 38.6 Å². The van der Waals surface area contributed by atoms with Gasteiger partial charge in [0.1, 0.15) is 5.78 Å². The van der Waals surface area contributed by atoms with Gasteiger partial charge in [0.25, 0.3) is 5.91 Å². The zero-order valence-corrected chi connectivity index (χ0v) is 19.0. The second-order valence-electron chi connectivity index (χ2n) is 9.53. The lowest BCUT2D eigenvalue weighted by atomic mass is 9.74. The predicted molar refractivity (Wildman–Crippen MR) is 119 cm³/mol. The van der Waals surface area contributed by atoms with E-state index >= 15 is 0 Å². The van der Waals surface area contributed by atoms with E-state index in [4.69, 9.17) is 0 Å². The second kappa shape index (κ2) is 8.27. The Hall–Kier alpha value is -2.68. The van der Waals surface area contributed by atoms with Gasteiger partial charge < -0.3 is 14.9 Å². The van der Waals surface area contributed by atoms with Crippen molar-refractivity contribution in [1.82, 2.24) is 4.90 Å². The van der Waals surface area contributed by atoms with Crippen LogP contribution < -0.4 is 4.90 Å². The lowest BCUT2D eigenvalue weighted by molar-refractivity contribution is -0.138. The number of carbonyl (C=O) groups excluding carboxylic acids is 2. The maximum Gasteiger partial charge on any atom is 0.417 e. The summed E-state index contributed by atoms with van der Waals surface area (Å²) in [5.41, 5.74) is 0.676. The molecule has 0 saturated carbocycles. The first-order valence-electron chi connectivity index (χ1n) is 11.1. The molecule has 6 nitrogen and oxygen atoms in total. The van der Waals surface area contributed by atoms with Crippen LogP contribution in [0, 0.1) is 5.92 Å². The molecule has 9 heteroatoms. The molecule has 1 N–H and O–H groups in total. The molecule has 1 aromatic rings. The minimum absolute atomic E-state index is 0.0235. The smallest absolute Gasteiger partial charge is 0.385 e. The Morgan fingerprint density at radius 3 is 2.52 bits per heavy atom. The third-order valence-corrected chi connectivity index (χ3v) is 6.73. The maximum absolute atomic E-state index is 13.4. The van der Waals surface area contributed by atoms with E-state index in [0.29, 0.717) is 31.7 Å². The molecule has 2 heterocycles. The number of piperidine rings is 1. The molecular formula is C24H28F3N3O3. The number of alkyl halides is 3. The largest absolute Gasteiger partial charge is 0.417 e. The van der Waals surface area contributed by atoms with E-state index in [1.165, 1.54) is 26.2 Å². The van der Waals surface area contributed by atoms with Crippen molar-refractivity contribution in [2.45, 2.75) is 44.4 Å². The fraction of sp³-hybridized carbons (Fsp3) is 0.542. The van der Waals surface area contributed by atoms with Crippen LogP contribution in [0.2, 0.25) is 0 Å². The Morgan fingerprint density at radius 2 is 1.91 bits per heavy atom. The number of Topliss-reactive ketones (excluding diaryl/α,β-unsaturated/α-hetero) is 1. The van der Waals surface area contributed by atoms with Crippen molar-refractivity contribution in [1.29, 1.82) is 0 Å². The first kappa shape index (κ1) is 23.5. The molecule has 178 valence electrons. The monoisotopic (exact) mass is 463 g/mol. The van der Waals surface area contributed by atoms with E-state index in [0.717, 1.165) is 40.7 Å². The first-order chi connectivity index (χ1) is 15.4. The molecule has 2 aliphatic heterocycles. The van der Waals surface area contributed by atoms with E-state index in [1.54, 1.807) is 6.92 Å². The van der Waals surface area contributed by atoms with Crippen molar-refractivity contribution in [2.24, 2.45) is 10.9 Å². The number of carbonyl (C=O) groups is 2. The molecule has 1 amide bonds. The molecular weight excluding hydrogens is 435 g/mol. The van der Waals surface area contributed by atoms with Crippen molar-refractivity contribution in [3.05, 3.63) is 40.5 Å². The fourth-order valence-corrected chi connectivity index (χ4v) is 5.23. The fourth-order valence-electron chi connectivity index (χ4n) is 5.23. The number of halogens is 3. The molecule has 1 fully saturated rings. The van der Waals surface area contributed by atoms with Gasteiger partial charge in [-0.3, -0.25) is 14.6 Å². The van der Waals surface area contributed by atoms with Crippen LogP contribution in [0.15, 0.2) is 34.3 Å². The highest BCUT2D eigenvalue weighted by molar-refractivity contribution is 6.08. The average Bonchev–Trinajstić information content (AvgIpc) is 3.16. The van der Waals surface area contributed by atoms with Gasteiger partial charge in [0.2, 0.25) is 0 Å². The van der Waals surface area contributed by atoms with Crippen molar-refractivity contribution in [3.63, 3.8) is 0 Å². The number of aliphatic hydroxyl groups is 1. The van der Waals surface area contributed by atoms with Crippen LogP contribution in [-0.4, -0.2) is 66.7 Å². The zero-order chi connectivity index (χ0) is 24.1. The van der Waals surface area contributed by atoms with Gasteiger partial charge >= 0.3 is 6.18 Å². The van der Waals surface area contributed by atoms with E-state index < -0.39 is 23.2 Å². The highest BCUT2D eigenvalue weighted by atomic mass is 19.4. The maximum atomic E-state index is 13.4. The number of benzene rings is 1. The summed E-state index contributed by atoms with van der Waals surface area (Å²) in [5, 5.41) is 10.9. The molecule has 1 atom stereocenters. The Bertz CT molecular complexity index is 1050. The number of hydrogen-bond donors (Lipinski definition) is 1. The van der Waals surface area contributed by atoms with Gasteiger partial charge in [-0.2, -0.15) is 13.2 Å². The van der Waals surface area contributed by atoms with Crippen LogP contribution in [-0.2, 0) is 11.0 Å². The summed E-state index contributed by atoms with van der Waals surface area (Å²) in [6.45, 7) is 3.30. The van der Waals surface area contributed by atoms with Crippen LogP contribution in [0.1, 0.15) is 48.5 Å².